The largest absolute Gasteiger partial charge is 0.496 e. The minimum absolute atomic E-state index is 0.00298. The van der Waals surface area contributed by atoms with Crippen LogP contribution in [-0.4, -0.2) is 29.9 Å². The summed E-state index contributed by atoms with van der Waals surface area (Å²) in [6.07, 6.45) is 0.164. The highest BCUT2D eigenvalue weighted by Crippen LogP contribution is 2.24. The van der Waals surface area contributed by atoms with Crippen LogP contribution in [0.5, 0.6) is 5.75 Å². The summed E-state index contributed by atoms with van der Waals surface area (Å²) in [5, 5.41) is 11.2. The molecule has 0 radical (unpaired) electrons. The molecule has 1 amide bonds. The predicted molar refractivity (Wildman–Crippen MR) is 91.3 cm³/mol. The van der Waals surface area contributed by atoms with Gasteiger partial charge in [-0.1, -0.05) is 23.7 Å². The predicted octanol–water partition coefficient (Wildman–Crippen LogP) is 3.46. The number of rotatable bonds is 6. The maximum absolute atomic E-state index is 12.3. The molecule has 126 valence electrons. The third-order valence-electron chi connectivity index (χ3n) is 3.58. The Morgan fingerprint density at radius 3 is 2.50 bits per heavy atom. The maximum Gasteiger partial charge on any atom is 0.269 e. The molecule has 0 atom stereocenters. The molecule has 24 heavy (non-hydrogen) atoms. The third-order valence-corrected chi connectivity index (χ3v) is 3.81. The monoisotopic (exact) mass is 348 g/mol. The van der Waals surface area contributed by atoms with Crippen LogP contribution in [0.1, 0.15) is 11.1 Å². The number of non-ortho nitro benzene ring substituents is 1. The van der Waals surface area contributed by atoms with E-state index in [0.29, 0.717) is 17.3 Å². The van der Waals surface area contributed by atoms with Crippen molar-refractivity contribution < 1.29 is 14.5 Å². The fraction of sp³-hybridized carbons (Fsp3) is 0.235. The summed E-state index contributed by atoms with van der Waals surface area (Å²) in [7, 11) is 3.25. The van der Waals surface area contributed by atoms with Crippen LogP contribution in [0.4, 0.5) is 5.69 Å². The fourth-order valence-electron chi connectivity index (χ4n) is 2.26. The maximum atomic E-state index is 12.3. The van der Waals surface area contributed by atoms with Crippen molar-refractivity contribution in [1.82, 2.24) is 4.90 Å². The van der Waals surface area contributed by atoms with Crippen LogP contribution in [-0.2, 0) is 17.8 Å². The van der Waals surface area contributed by atoms with Gasteiger partial charge in [-0.3, -0.25) is 14.9 Å². The smallest absolute Gasteiger partial charge is 0.269 e. The number of ether oxygens (including phenoxy) is 1. The van der Waals surface area contributed by atoms with E-state index in [-0.39, 0.29) is 18.0 Å². The van der Waals surface area contributed by atoms with Gasteiger partial charge in [-0.25, -0.2) is 0 Å². The van der Waals surface area contributed by atoms with E-state index < -0.39 is 4.92 Å². The topological polar surface area (TPSA) is 72.7 Å². The summed E-state index contributed by atoms with van der Waals surface area (Å²) in [6.45, 7) is 0.357. The van der Waals surface area contributed by atoms with E-state index in [9.17, 15) is 14.9 Å². The normalized spacial score (nSPS) is 10.3. The van der Waals surface area contributed by atoms with Crippen molar-refractivity contribution in [3.05, 3.63) is 68.7 Å². The minimum atomic E-state index is -0.469. The Morgan fingerprint density at radius 1 is 1.25 bits per heavy atom. The highest BCUT2D eigenvalue weighted by atomic mass is 35.5. The number of likely N-dealkylation sites (N-methyl/N-ethyl adjacent to an activating group) is 1. The second-order valence-corrected chi connectivity index (χ2v) is 5.74. The second kappa shape index (κ2) is 7.79. The van der Waals surface area contributed by atoms with Crippen LogP contribution < -0.4 is 4.74 Å². The van der Waals surface area contributed by atoms with Crippen LogP contribution in [0.15, 0.2) is 42.5 Å². The van der Waals surface area contributed by atoms with E-state index >= 15 is 0 Å². The zero-order valence-electron chi connectivity index (χ0n) is 13.4. The van der Waals surface area contributed by atoms with Gasteiger partial charge in [-0.2, -0.15) is 0 Å². The molecule has 0 saturated heterocycles. The standard InChI is InChI=1S/C17H17ClN2O4/c1-19(11-13-10-14(18)5-8-16(13)24-2)17(21)9-12-3-6-15(7-4-12)20(22)23/h3-8,10H,9,11H2,1-2H3. The van der Waals surface area contributed by atoms with Gasteiger partial charge in [-0.05, 0) is 23.8 Å². The number of nitrogens with zero attached hydrogens (tertiary/aromatic N) is 2. The van der Waals surface area contributed by atoms with Crippen LogP contribution in [0.25, 0.3) is 0 Å². The van der Waals surface area contributed by atoms with E-state index in [4.69, 9.17) is 16.3 Å². The summed E-state index contributed by atoms with van der Waals surface area (Å²) in [5.41, 5.74) is 1.53. The van der Waals surface area contributed by atoms with Gasteiger partial charge in [0.15, 0.2) is 0 Å². The molecule has 2 rings (SSSR count). The zero-order chi connectivity index (χ0) is 17.7. The Balaban J connectivity index is 2.04. The van der Waals surface area contributed by atoms with Crippen LogP contribution in [0, 0.1) is 10.1 Å². The third kappa shape index (κ3) is 4.45. The number of hydrogen-bond acceptors (Lipinski definition) is 4. The average molecular weight is 349 g/mol. The number of carbonyl (C=O) groups is 1. The summed E-state index contributed by atoms with van der Waals surface area (Å²) in [6, 6.07) is 11.2. The van der Waals surface area contributed by atoms with Crippen LogP contribution in [0.3, 0.4) is 0 Å². The molecule has 0 N–H and O–H groups in total. The molecule has 0 saturated carbocycles. The van der Waals surface area contributed by atoms with Gasteiger partial charge in [0.05, 0.1) is 18.5 Å². The van der Waals surface area contributed by atoms with E-state index in [1.165, 1.54) is 12.1 Å². The molecule has 6 nitrogen and oxygen atoms in total. The molecule has 0 heterocycles. The number of nitro groups is 1. The van der Waals surface area contributed by atoms with E-state index in [1.54, 1.807) is 49.4 Å². The summed E-state index contributed by atoms with van der Waals surface area (Å²) >= 11 is 5.99. The van der Waals surface area contributed by atoms with E-state index in [1.807, 2.05) is 0 Å². The SMILES string of the molecule is COc1ccc(Cl)cc1CN(C)C(=O)Cc1ccc([N+](=O)[O-])cc1. The van der Waals surface area contributed by atoms with Gasteiger partial charge in [0.2, 0.25) is 5.91 Å². The molecular formula is C17H17ClN2O4. The number of hydrogen-bond donors (Lipinski definition) is 0. The molecule has 0 aromatic heterocycles. The first kappa shape index (κ1) is 17.7. The lowest BCUT2D eigenvalue weighted by molar-refractivity contribution is -0.384. The van der Waals surface area contributed by atoms with Gasteiger partial charge in [0, 0.05) is 36.3 Å². The first-order valence-corrected chi connectivity index (χ1v) is 7.58. The van der Waals surface area contributed by atoms with Gasteiger partial charge in [0.25, 0.3) is 5.69 Å². The molecule has 0 aliphatic carbocycles. The van der Waals surface area contributed by atoms with Gasteiger partial charge in [-0.15, -0.1) is 0 Å². The lowest BCUT2D eigenvalue weighted by atomic mass is 10.1. The summed E-state index contributed by atoms with van der Waals surface area (Å²) in [5.74, 6) is 0.556. The molecule has 0 fully saturated rings. The molecule has 0 bridgehead atoms. The van der Waals surface area contributed by atoms with Crippen molar-refractivity contribution in [2.45, 2.75) is 13.0 Å². The molecule has 7 heteroatoms. The second-order valence-electron chi connectivity index (χ2n) is 5.31. The van der Waals surface area contributed by atoms with Crippen molar-refractivity contribution in [2.24, 2.45) is 0 Å². The van der Waals surface area contributed by atoms with Crippen molar-refractivity contribution in [3.8, 4) is 5.75 Å². The highest BCUT2D eigenvalue weighted by Gasteiger charge is 2.14. The molecule has 2 aromatic carbocycles. The van der Waals surface area contributed by atoms with Crippen molar-refractivity contribution in [1.29, 1.82) is 0 Å². The van der Waals surface area contributed by atoms with Gasteiger partial charge >= 0.3 is 0 Å². The number of carbonyl (C=O) groups excluding carboxylic acids is 1. The number of nitro benzene ring substituents is 1. The molecular weight excluding hydrogens is 332 g/mol. The Labute approximate surface area is 144 Å². The van der Waals surface area contributed by atoms with E-state index in [0.717, 1.165) is 11.1 Å². The zero-order valence-corrected chi connectivity index (χ0v) is 14.1. The first-order chi connectivity index (χ1) is 11.4. The lowest BCUT2D eigenvalue weighted by Gasteiger charge is -2.19. The molecule has 0 aliphatic heterocycles. The summed E-state index contributed by atoms with van der Waals surface area (Å²) in [4.78, 5) is 24.1. The molecule has 0 spiro atoms. The Bertz CT molecular complexity index is 747. The number of methoxy groups -OCH3 is 1. The molecule has 2 aromatic rings. The van der Waals surface area contributed by atoms with Crippen molar-refractivity contribution >= 4 is 23.2 Å². The van der Waals surface area contributed by atoms with Crippen molar-refractivity contribution in [2.75, 3.05) is 14.2 Å². The first-order valence-electron chi connectivity index (χ1n) is 7.20. The van der Waals surface area contributed by atoms with Crippen LogP contribution in [0.2, 0.25) is 5.02 Å². The minimum Gasteiger partial charge on any atom is -0.496 e. The van der Waals surface area contributed by atoms with Crippen molar-refractivity contribution in [3.63, 3.8) is 0 Å². The Hall–Kier alpha value is -2.60. The number of halogens is 1. The van der Waals surface area contributed by atoms with E-state index in [2.05, 4.69) is 0 Å². The number of benzene rings is 2. The highest BCUT2D eigenvalue weighted by molar-refractivity contribution is 6.30. The molecule has 0 unspecified atom stereocenters. The lowest BCUT2D eigenvalue weighted by Crippen LogP contribution is -2.27. The Morgan fingerprint density at radius 2 is 1.92 bits per heavy atom. The average Bonchev–Trinajstić information content (AvgIpc) is 2.55. The number of amides is 1. The van der Waals surface area contributed by atoms with Gasteiger partial charge < -0.3 is 9.64 Å². The van der Waals surface area contributed by atoms with Gasteiger partial charge in [0.1, 0.15) is 5.75 Å². The summed E-state index contributed by atoms with van der Waals surface area (Å²) < 4.78 is 5.27. The fourth-order valence-corrected chi connectivity index (χ4v) is 2.45. The Kier molecular flexibility index (Phi) is 5.76. The van der Waals surface area contributed by atoms with Crippen LogP contribution >= 0.6 is 11.6 Å². The molecule has 0 aliphatic rings. The quantitative estimate of drug-likeness (QED) is 0.592.